The van der Waals surface area contributed by atoms with Crippen molar-refractivity contribution in [3.8, 4) is 17.6 Å². The van der Waals surface area contributed by atoms with E-state index in [1.807, 2.05) is 91.0 Å². The first kappa shape index (κ1) is 31.1. The van der Waals surface area contributed by atoms with E-state index >= 15 is 0 Å². The zero-order valence-electron chi connectivity index (χ0n) is 25.6. The quantitative estimate of drug-likeness (QED) is 0.212. The van der Waals surface area contributed by atoms with E-state index < -0.39 is 17.4 Å². The number of hydrogen-bond donors (Lipinski definition) is 1. The number of hydrogen-bond acceptors (Lipinski definition) is 8. The second-order valence-electron chi connectivity index (χ2n) is 10.7. The Bertz CT molecular complexity index is 2180. The number of carbonyl (C=O) groups is 1. The molecule has 0 spiro atoms. The first-order valence-electron chi connectivity index (χ1n) is 15.1. The number of allylic oxidation sites excluding steroid dienone is 1. The molecule has 0 radical (unpaired) electrons. The number of ether oxygens (including phenoxy) is 3. The smallest absolute Gasteiger partial charge is 0.338 e. The van der Waals surface area contributed by atoms with E-state index in [-0.39, 0.29) is 23.6 Å². The van der Waals surface area contributed by atoms with Gasteiger partial charge >= 0.3 is 5.97 Å². The lowest BCUT2D eigenvalue weighted by molar-refractivity contribution is -0.136. The van der Waals surface area contributed by atoms with Crippen LogP contribution >= 0.6 is 11.3 Å². The number of nitriles is 1. The summed E-state index contributed by atoms with van der Waals surface area (Å²) in [4.78, 5) is 27.6. The highest BCUT2D eigenvalue weighted by atomic mass is 32.1. The van der Waals surface area contributed by atoms with Crippen LogP contribution in [-0.4, -0.2) is 17.1 Å². The molecule has 0 bridgehead atoms. The van der Waals surface area contributed by atoms with Crippen LogP contribution in [0.3, 0.4) is 0 Å². The lowest BCUT2D eigenvalue weighted by Crippen LogP contribution is -2.40. The molecule has 1 atom stereocenters. The number of benzene rings is 4. The number of para-hydroxylation sites is 1. The highest BCUT2D eigenvalue weighted by Crippen LogP contribution is 2.38. The van der Waals surface area contributed by atoms with Gasteiger partial charge in [0, 0.05) is 5.56 Å². The number of thiazole rings is 1. The molecule has 2 heterocycles. The number of fused-ring (bicyclic) bond motifs is 1. The summed E-state index contributed by atoms with van der Waals surface area (Å²) < 4.78 is 19.5. The van der Waals surface area contributed by atoms with Crippen molar-refractivity contribution < 1.29 is 19.0 Å². The van der Waals surface area contributed by atoms with Gasteiger partial charge in [-0.15, -0.1) is 11.3 Å². The first-order valence-corrected chi connectivity index (χ1v) is 15.9. The second-order valence-corrected chi connectivity index (χ2v) is 11.7. The fourth-order valence-corrected chi connectivity index (χ4v) is 6.58. The fourth-order valence-electron chi connectivity index (χ4n) is 5.42. The SMILES string of the molecule is CCOC(=O)C1=c2s/c(=C\c3ccccc3OCc3ccccc3)c(=O)n2C(N)=C(C#N)[C@@H]1c1cccc(OCc2ccccc2)c1. The Kier molecular flexibility index (Phi) is 9.32. The predicted molar refractivity (Wildman–Crippen MR) is 182 cm³/mol. The van der Waals surface area contributed by atoms with Gasteiger partial charge < -0.3 is 19.9 Å². The van der Waals surface area contributed by atoms with Gasteiger partial charge in [0.1, 0.15) is 35.2 Å². The van der Waals surface area contributed by atoms with Crippen LogP contribution in [0.15, 0.2) is 120 Å². The van der Waals surface area contributed by atoms with Crippen LogP contribution in [0, 0.1) is 11.3 Å². The maximum absolute atomic E-state index is 13.9. The third-order valence-corrected chi connectivity index (χ3v) is 8.75. The van der Waals surface area contributed by atoms with Gasteiger partial charge in [-0.1, -0.05) is 91.0 Å². The van der Waals surface area contributed by atoms with Crippen molar-refractivity contribution in [1.29, 1.82) is 5.26 Å². The summed E-state index contributed by atoms with van der Waals surface area (Å²) in [6.07, 6.45) is 1.72. The zero-order chi connectivity index (χ0) is 32.8. The molecule has 9 heteroatoms. The Labute approximate surface area is 275 Å². The van der Waals surface area contributed by atoms with Crippen LogP contribution in [0.1, 0.15) is 35.1 Å². The van der Waals surface area contributed by atoms with Crippen LogP contribution in [-0.2, 0) is 22.7 Å². The Hall–Kier alpha value is -5.85. The minimum atomic E-state index is -0.883. The van der Waals surface area contributed by atoms with Crippen molar-refractivity contribution in [2.75, 3.05) is 6.61 Å². The molecule has 1 aliphatic rings. The number of esters is 1. The van der Waals surface area contributed by atoms with Crippen molar-refractivity contribution in [3.05, 3.63) is 157 Å². The summed E-state index contributed by atoms with van der Waals surface area (Å²) in [6, 6.07) is 36.3. The molecule has 6 rings (SSSR count). The van der Waals surface area contributed by atoms with Gasteiger partial charge in [-0.3, -0.25) is 9.36 Å². The summed E-state index contributed by atoms with van der Waals surface area (Å²) in [5, 5.41) is 10.4. The number of nitrogens with two attached hydrogens (primary N) is 1. The molecule has 0 saturated carbocycles. The first-order chi connectivity index (χ1) is 23.0. The molecule has 0 amide bonds. The summed E-state index contributed by atoms with van der Waals surface area (Å²) in [5.74, 6) is -0.410. The highest BCUT2D eigenvalue weighted by molar-refractivity contribution is 7.07. The molecular formula is C38H31N3O5S. The zero-order valence-corrected chi connectivity index (χ0v) is 26.4. The molecule has 0 aliphatic carbocycles. The van der Waals surface area contributed by atoms with Gasteiger partial charge in [-0.25, -0.2) is 4.79 Å². The Morgan fingerprint density at radius 1 is 0.915 bits per heavy atom. The normalized spacial score (nSPS) is 14.3. The van der Waals surface area contributed by atoms with Crippen LogP contribution in [0.5, 0.6) is 11.5 Å². The number of carbonyl (C=O) groups excluding carboxylic acids is 1. The van der Waals surface area contributed by atoms with Crippen molar-refractivity contribution >= 4 is 34.8 Å². The van der Waals surface area contributed by atoms with Crippen molar-refractivity contribution in [2.24, 2.45) is 5.73 Å². The largest absolute Gasteiger partial charge is 0.489 e. The van der Waals surface area contributed by atoms with Crippen LogP contribution < -0.4 is 30.0 Å². The van der Waals surface area contributed by atoms with Gasteiger partial charge in [-0.05, 0) is 47.9 Å². The molecule has 4 aromatic carbocycles. The van der Waals surface area contributed by atoms with Crippen molar-refractivity contribution in [3.63, 3.8) is 0 Å². The number of nitrogens with zero attached hydrogens (tertiary/aromatic N) is 2. The average Bonchev–Trinajstić information content (AvgIpc) is 3.43. The lowest BCUT2D eigenvalue weighted by Gasteiger charge is -2.25. The number of aromatic nitrogens is 1. The maximum atomic E-state index is 13.9. The van der Waals surface area contributed by atoms with Crippen LogP contribution in [0.4, 0.5) is 0 Å². The van der Waals surface area contributed by atoms with Gasteiger partial charge in [0.05, 0.1) is 34.3 Å². The van der Waals surface area contributed by atoms with E-state index in [9.17, 15) is 14.9 Å². The summed E-state index contributed by atoms with van der Waals surface area (Å²) >= 11 is 1.12. The molecular weight excluding hydrogens is 611 g/mol. The molecule has 0 saturated heterocycles. The van der Waals surface area contributed by atoms with Gasteiger partial charge in [0.2, 0.25) is 0 Å². The van der Waals surface area contributed by atoms with Crippen LogP contribution in [0.25, 0.3) is 17.5 Å². The minimum absolute atomic E-state index is 0.0364. The van der Waals surface area contributed by atoms with E-state index in [1.165, 1.54) is 4.57 Å². The van der Waals surface area contributed by atoms with Gasteiger partial charge in [0.25, 0.3) is 5.56 Å². The predicted octanol–water partition coefficient (Wildman–Crippen LogP) is 5.06. The fraction of sp³-hybridized carbons (Fsp3) is 0.132. The van der Waals surface area contributed by atoms with E-state index in [4.69, 9.17) is 19.9 Å². The molecule has 1 aliphatic heterocycles. The molecule has 47 heavy (non-hydrogen) atoms. The topological polar surface area (TPSA) is 117 Å². The monoisotopic (exact) mass is 641 g/mol. The summed E-state index contributed by atoms with van der Waals surface area (Å²) in [7, 11) is 0. The lowest BCUT2D eigenvalue weighted by atomic mass is 9.84. The number of rotatable bonds is 10. The molecule has 8 nitrogen and oxygen atoms in total. The Morgan fingerprint density at radius 2 is 1.57 bits per heavy atom. The van der Waals surface area contributed by atoms with Gasteiger partial charge in [0.15, 0.2) is 0 Å². The highest BCUT2D eigenvalue weighted by Gasteiger charge is 2.36. The van der Waals surface area contributed by atoms with Crippen LogP contribution in [0.2, 0.25) is 0 Å². The minimum Gasteiger partial charge on any atom is -0.489 e. The third kappa shape index (κ3) is 6.59. The summed E-state index contributed by atoms with van der Waals surface area (Å²) in [6.45, 7) is 2.50. The van der Waals surface area contributed by atoms with E-state index in [0.717, 1.165) is 22.5 Å². The van der Waals surface area contributed by atoms with Crippen molar-refractivity contribution in [2.45, 2.75) is 26.1 Å². The summed E-state index contributed by atoms with van der Waals surface area (Å²) in [5.41, 5.74) is 9.64. The molecule has 234 valence electrons. The second kappa shape index (κ2) is 14.1. The standard InChI is InChI=1S/C38H31N3O5S/c1-2-44-38(43)34-33(28-17-11-18-29(20-28)45-23-25-12-5-3-6-13-25)30(22-39)35(40)41-36(42)32(47-37(34)41)21-27-16-9-10-19-31(27)46-24-26-14-7-4-8-15-26/h3-21,33H,2,23-24,40H2,1H3/b32-21-/t33-/m0/s1. The Balaban J connectivity index is 1.46. The maximum Gasteiger partial charge on any atom is 0.338 e. The van der Waals surface area contributed by atoms with E-state index in [2.05, 4.69) is 6.07 Å². The Morgan fingerprint density at radius 3 is 2.26 bits per heavy atom. The van der Waals surface area contributed by atoms with Crippen molar-refractivity contribution in [1.82, 2.24) is 4.57 Å². The molecule has 5 aromatic rings. The molecule has 1 aromatic heterocycles. The molecule has 2 N–H and O–H groups in total. The van der Waals surface area contributed by atoms with E-state index in [1.54, 1.807) is 31.2 Å². The third-order valence-electron chi connectivity index (χ3n) is 7.65. The molecule has 0 unspecified atom stereocenters. The molecule has 0 fully saturated rings. The van der Waals surface area contributed by atoms with E-state index in [0.29, 0.717) is 45.0 Å². The van der Waals surface area contributed by atoms with Gasteiger partial charge in [-0.2, -0.15) is 5.26 Å². The average molecular weight is 642 g/mol.